The van der Waals surface area contributed by atoms with Gasteiger partial charge in [0.05, 0.1) is 12.0 Å². The lowest BCUT2D eigenvalue weighted by Crippen LogP contribution is -2.25. The van der Waals surface area contributed by atoms with Gasteiger partial charge in [-0.2, -0.15) is 13.2 Å². The predicted molar refractivity (Wildman–Crippen MR) is 128 cm³/mol. The van der Waals surface area contributed by atoms with Gasteiger partial charge in [0, 0.05) is 19.2 Å². The lowest BCUT2D eigenvalue weighted by Gasteiger charge is -2.24. The van der Waals surface area contributed by atoms with E-state index in [1.54, 1.807) is 12.1 Å². The summed E-state index contributed by atoms with van der Waals surface area (Å²) in [7, 11) is 0. The molecule has 3 aromatic rings. The van der Waals surface area contributed by atoms with Crippen molar-refractivity contribution in [3.63, 3.8) is 0 Å². The van der Waals surface area contributed by atoms with Gasteiger partial charge in [-0.05, 0) is 77.0 Å². The lowest BCUT2D eigenvalue weighted by molar-refractivity contribution is -0.138. The highest BCUT2D eigenvalue weighted by Gasteiger charge is 2.30. The number of alkyl halides is 3. The first kappa shape index (κ1) is 27.3. The van der Waals surface area contributed by atoms with Gasteiger partial charge >= 0.3 is 12.1 Å². The van der Waals surface area contributed by atoms with E-state index in [-0.39, 0.29) is 13.0 Å². The van der Waals surface area contributed by atoms with Gasteiger partial charge in [0.2, 0.25) is 0 Å². The molecule has 0 heterocycles. The molecule has 0 saturated heterocycles. The summed E-state index contributed by atoms with van der Waals surface area (Å²) in [6.45, 7) is 5.41. The molecule has 0 fully saturated rings. The number of carbonyl (C=O) groups is 1. The van der Waals surface area contributed by atoms with Crippen LogP contribution in [-0.2, 0) is 30.5 Å². The number of benzene rings is 3. The van der Waals surface area contributed by atoms with Crippen LogP contribution >= 0.6 is 0 Å². The Labute approximate surface area is 207 Å². The van der Waals surface area contributed by atoms with Crippen LogP contribution < -0.4 is 0 Å². The van der Waals surface area contributed by atoms with Gasteiger partial charge in [-0.3, -0.25) is 9.69 Å². The van der Waals surface area contributed by atoms with E-state index in [4.69, 9.17) is 0 Å². The summed E-state index contributed by atoms with van der Waals surface area (Å²) in [6.07, 6.45) is -3.87. The molecule has 192 valence electrons. The Morgan fingerprint density at radius 2 is 1.39 bits per heavy atom. The van der Waals surface area contributed by atoms with Crippen LogP contribution in [-0.4, -0.2) is 22.5 Å². The SMILES string of the molecule is CC(C)CCN(Cc1cc(F)cc(F)c1)Cc1cc(CC(=O)O)cc(-c2ccc(C(F)(F)F)cc2)c1. The zero-order chi connectivity index (χ0) is 26.5. The molecule has 0 aliphatic rings. The van der Waals surface area contributed by atoms with E-state index in [1.807, 2.05) is 11.0 Å². The Kier molecular flexibility index (Phi) is 8.84. The van der Waals surface area contributed by atoms with Crippen LogP contribution in [0.15, 0.2) is 60.7 Å². The van der Waals surface area contributed by atoms with Gasteiger partial charge in [0.15, 0.2) is 0 Å². The number of hydrogen-bond donors (Lipinski definition) is 1. The molecule has 0 aromatic heterocycles. The molecular formula is C28H28F5NO2. The van der Waals surface area contributed by atoms with Gasteiger partial charge in [-0.25, -0.2) is 8.78 Å². The van der Waals surface area contributed by atoms with Crippen LogP contribution in [0.25, 0.3) is 11.1 Å². The van der Waals surface area contributed by atoms with Crippen molar-refractivity contribution in [2.75, 3.05) is 6.54 Å². The van der Waals surface area contributed by atoms with E-state index in [1.165, 1.54) is 24.3 Å². The van der Waals surface area contributed by atoms with Crippen molar-refractivity contribution in [3.8, 4) is 11.1 Å². The minimum absolute atomic E-state index is 0.247. The number of carboxylic acids is 1. The summed E-state index contributed by atoms with van der Waals surface area (Å²) in [5.41, 5.74) is 2.09. The topological polar surface area (TPSA) is 40.5 Å². The maximum absolute atomic E-state index is 13.8. The van der Waals surface area contributed by atoms with Crippen molar-refractivity contribution in [1.29, 1.82) is 0 Å². The zero-order valence-electron chi connectivity index (χ0n) is 20.1. The normalized spacial score (nSPS) is 11.9. The van der Waals surface area contributed by atoms with Crippen LogP contribution in [0.2, 0.25) is 0 Å². The fraction of sp³-hybridized carbons (Fsp3) is 0.321. The van der Waals surface area contributed by atoms with Gasteiger partial charge in [-0.15, -0.1) is 0 Å². The quantitative estimate of drug-likeness (QED) is 0.294. The molecule has 1 N–H and O–H groups in total. The summed E-state index contributed by atoms with van der Waals surface area (Å²) in [5, 5.41) is 9.31. The van der Waals surface area contributed by atoms with Crippen molar-refractivity contribution in [2.45, 2.75) is 46.0 Å². The highest BCUT2D eigenvalue weighted by molar-refractivity contribution is 5.72. The summed E-state index contributed by atoms with van der Waals surface area (Å²) in [5.74, 6) is -1.97. The molecule has 0 amide bonds. The Morgan fingerprint density at radius 3 is 1.92 bits per heavy atom. The molecule has 0 aliphatic carbocycles. The molecule has 3 rings (SSSR count). The molecule has 3 nitrogen and oxygen atoms in total. The molecule has 0 bridgehead atoms. The van der Waals surface area contributed by atoms with Crippen molar-refractivity contribution in [2.24, 2.45) is 5.92 Å². The smallest absolute Gasteiger partial charge is 0.416 e. The monoisotopic (exact) mass is 505 g/mol. The third kappa shape index (κ3) is 8.16. The van der Waals surface area contributed by atoms with Crippen LogP contribution in [0.5, 0.6) is 0 Å². The molecule has 0 aliphatic heterocycles. The van der Waals surface area contributed by atoms with Gasteiger partial charge in [0.1, 0.15) is 11.6 Å². The van der Waals surface area contributed by atoms with Crippen LogP contribution in [0.3, 0.4) is 0 Å². The average Bonchev–Trinajstić information content (AvgIpc) is 2.75. The second-order valence-electron chi connectivity index (χ2n) is 9.35. The molecule has 8 heteroatoms. The largest absolute Gasteiger partial charge is 0.481 e. The maximum Gasteiger partial charge on any atom is 0.416 e. The average molecular weight is 506 g/mol. The third-order valence-corrected chi connectivity index (χ3v) is 5.71. The number of rotatable bonds is 10. The minimum Gasteiger partial charge on any atom is -0.481 e. The Bertz CT molecular complexity index is 1170. The van der Waals surface area contributed by atoms with E-state index in [0.717, 1.165) is 30.2 Å². The first-order chi connectivity index (χ1) is 16.9. The molecule has 0 spiro atoms. The van der Waals surface area contributed by atoms with E-state index in [2.05, 4.69) is 13.8 Å². The summed E-state index contributed by atoms with van der Waals surface area (Å²) in [4.78, 5) is 13.4. The van der Waals surface area contributed by atoms with Crippen molar-refractivity contribution < 1.29 is 31.9 Å². The number of halogens is 5. The van der Waals surface area contributed by atoms with E-state index >= 15 is 0 Å². The second kappa shape index (κ2) is 11.6. The first-order valence-electron chi connectivity index (χ1n) is 11.6. The van der Waals surface area contributed by atoms with Crippen LogP contribution in [0, 0.1) is 17.6 Å². The van der Waals surface area contributed by atoms with E-state index in [9.17, 15) is 31.9 Å². The van der Waals surface area contributed by atoms with E-state index in [0.29, 0.717) is 41.3 Å². The summed E-state index contributed by atoms with van der Waals surface area (Å²) >= 11 is 0. The molecule has 0 atom stereocenters. The Hall–Kier alpha value is -3.26. The molecule has 0 unspecified atom stereocenters. The maximum atomic E-state index is 13.8. The predicted octanol–water partition coefficient (Wildman–Crippen LogP) is 7.33. The van der Waals surface area contributed by atoms with Gasteiger partial charge in [-0.1, -0.05) is 38.1 Å². The van der Waals surface area contributed by atoms with Crippen molar-refractivity contribution >= 4 is 5.97 Å². The second-order valence-corrected chi connectivity index (χ2v) is 9.35. The standard InChI is InChI=1S/C28H28F5NO2/c1-18(2)7-8-34(17-21-12-25(29)15-26(30)13-21)16-20-9-19(14-27(35)36)10-23(11-20)22-3-5-24(6-4-22)28(31,32)33/h3-6,9-13,15,18H,7-8,14,16-17H2,1-2H3,(H,35,36). The van der Waals surface area contributed by atoms with Crippen LogP contribution in [0.4, 0.5) is 22.0 Å². The fourth-order valence-electron chi connectivity index (χ4n) is 4.02. The van der Waals surface area contributed by atoms with Gasteiger partial charge < -0.3 is 5.11 Å². The molecular weight excluding hydrogens is 477 g/mol. The highest BCUT2D eigenvalue weighted by Crippen LogP contribution is 2.32. The fourth-order valence-corrected chi connectivity index (χ4v) is 4.02. The van der Waals surface area contributed by atoms with Gasteiger partial charge in [0.25, 0.3) is 0 Å². The molecule has 3 aromatic carbocycles. The molecule has 36 heavy (non-hydrogen) atoms. The van der Waals surface area contributed by atoms with Crippen LogP contribution in [0.1, 0.15) is 42.5 Å². The Balaban J connectivity index is 1.94. The number of aliphatic carboxylic acids is 1. The minimum atomic E-state index is -4.46. The zero-order valence-corrected chi connectivity index (χ0v) is 20.1. The van der Waals surface area contributed by atoms with Crippen molar-refractivity contribution in [1.82, 2.24) is 4.90 Å². The van der Waals surface area contributed by atoms with Crippen molar-refractivity contribution in [3.05, 3.63) is 94.6 Å². The molecule has 0 radical (unpaired) electrons. The highest BCUT2D eigenvalue weighted by atomic mass is 19.4. The Morgan fingerprint density at radius 1 is 0.833 bits per heavy atom. The number of nitrogens with zero attached hydrogens (tertiary/aromatic N) is 1. The molecule has 0 saturated carbocycles. The first-order valence-corrected chi connectivity index (χ1v) is 11.6. The summed E-state index contributed by atoms with van der Waals surface area (Å²) in [6, 6.07) is 13.3. The number of carboxylic acid groups (broad SMARTS) is 1. The third-order valence-electron chi connectivity index (χ3n) is 5.71. The summed E-state index contributed by atoms with van der Waals surface area (Å²) < 4.78 is 66.4. The number of hydrogen-bond acceptors (Lipinski definition) is 2. The van der Waals surface area contributed by atoms with E-state index < -0.39 is 29.3 Å². The lowest BCUT2D eigenvalue weighted by atomic mass is 9.97.